The molecule has 0 unspecified atom stereocenters. The van der Waals surface area contributed by atoms with Crippen LogP contribution < -0.4 is 4.90 Å². The van der Waals surface area contributed by atoms with Crippen LogP contribution in [0.5, 0.6) is 0 Å². The van der Waals surface area contributed by atoms with Crippen molar-refractivity contribution in [3.63, 3.8) is 0 Å². The summed E-state index contributed by atoms with van der Waals surface area (Å²) in [7, 11) is 0. The van der Waals surface area contributed by atoms with Crippen molar-refractivity contribution in [3.8, 4) is 0 Å². The number of nitrogens with one attached hydrogen (secondary N) is 1. The zero-order valence-corrected chi connectivity index (χ0v) is 14.8. The summed E-state index contributed by atoms with van der Waals surface area (Å²) in [4.78, 5) is 21.4. The van der Waals surface area contributed by atoms with Crippen LogP contribution in [0.1, 0.15) is 21.9 Å². The van der Waals surface area contributed by atoms with E-state index in [-0.39, 0.29) is 5.91 Å². The number of amides is 1. The van der Waals surface area contributed by atoms with Crippen LogP contribution in [0.25, 0.3) is 0 Å². The molecule has 134 valence electrons. The number of carbonyl (C=O) groups is 1. The number of hydrogen-bond acceptors (Lipinski definition) is 4. The van der Waals surface area contributed by atoms with Gasteiger partial charge in [-0.1, -0.05) is 30.3 Å². The van der Waals surface area contributed by atoms with E-state index in [2.05, 4.69) is 32.2 Å². The van der Waals surface area contributed by atoms with Gasteiger partial charge >= 0.3 is 0 Å². The number of aryl methyl sites for hydroxylation is 1. The van der Waals surface area contributed by atoms with E-state index >= 15 is 0 Å². The molecule has 7 nitrogen and oxygen atoms in total. The highest BCUT2D eigenvalue weighted by Gasteiger charge is 2.25. The zero-order chi connectivity index (χ0) is 17.9. The minimum atomic E-state index is 0.0803. The van der Waals surface area contributed by atoms with Gasteiger partial charge < -0.3 is 14.4 Å². The van der Waals surface area contributed by atoms with Crippen molar-refractivity contribution < 1.29 is 4.79 Å². The Balaban J connectivity index is 1.42. The highest BCUT2D eigenvalue weighted by molar-refractivity contribution is 5.93. The van der Waals surface area contributed by atoms with Gasteiger partial charge in [-0.2, -0.15) is 4.98 Å². The van der Waals surface area contributed by atoms with Gasteiger partial charge in [0.05, 0.1) is 0 Å². The third-order valence-corrected chi connectivity index (χ3v) is 4.68. The highest BCUT2D eigenvalue weighted by Crippen LogP contribution is 2.15. The number of piperazine rings is 1. The van der Waals surface area contributed by atoms with Gasteiger partial charge in [-0.15, -0.1) is 5.10 Å². The minimum absolute atomic E-state index is 0.0803. The van der Waals surface area contributed by atoms with Crippen molar-refractivity contribution >= 4 is 11.9 Å². The molecule has 4 rings (SSSR count). The van der Waals surface area contributed by atoms with Gasteiger partial charge in [0.15, 0.2) is 0 Å². The molecule has 0 spiro atoms. The monoisotopic (exact) mass is 350 g/mol. The topological polar surface area (TPSA) is 70.1 Å². The molecular formula is C19H22N6O. The van der Waals surface area contributed by atoms with Crippen LogP contribution in [0, 0.1) is 6.92 Å². The lowest BCUT2D eigenvalue weighted by molar-refractivity contribution is 0.0736. The third kappa shape index (κ3) is 3.33. The maximum Gasteiger partial charge on any atom is 0.270 e. The van der Waals surface area contributed by atoms with Gasteiger partial charge in [0.2, 0.25) is 5.95 Å². The first kappa shape index (κ1) is 16.4. The number of benzene rings is 1. The summed E-state index contributed by atoms with van der Waals surface area (Å²) in [6.45, 7) is 5.40. The summed E-state index contributed by atoms with van der Waals surface area (Å²) in [6.07, 6.45) is 1.97. The average molecular weight is 350 g/mol. The van der Waals surface area contributed by atoms with E-state index in [4.69, 9.17) is 0 Å². The van der Waals surface area contributed by atoms with Gasteiger partial charge in [-0.25, -0.2) is 0 Å². The van der Waals surface area contributed by atoms with Crippen LogP contribution in [0.3, 0.4) is 0 Å². The number of aromatic nitrogens is 4. The van der Waals surface area contributed by atoms with E-state index < -0.39 is 0 Å². The lowest BCUT2D eigenvalue weighted by Crippen LogP contribution is -2.49. The smallest absolute Gasteiger partial charge is 0.270 e. The van der Waals surface area contributed by atoms with Crippen LogP contribution in [-0.4, -0.2) is 56.7 Å². The van der Waals surface area contributed by atoms with E-state index in [0.29, 0.717) is 25.6 Å². The molecule has 3 aromatic rings. The molecule has 1 aromatic carbocycles. The maximum absolute atomic E-state index is 13.0. The number of anilines is 1. The summed E-state index contributed by atoms with van der Waals surface area (Å²) in [5.41, 5.74) is 1.92. The Bertz CT molecular complexity index is 876. The normalized spacial score (nSPS) is 14.7. The van der Waals surface area contributed by atoms with Gasteiger partial charge in [0.25, 0.3) is 5.91 Å². The minimum Gasteiger partial charge on any atom is -0.339 e. The van der Waals surface area contributed by atoms with Crippen molar-refractivity contribution in [2.75, 3.05) is 31.1 Å². The first-order valence-electron chi connectivity index (χ1n) is 8.83. The number of carbonyl (C=O) groups excluding carboxylic acids is 1. The molecule has 0 aliphatic carbocycles. The van der Waals surface area contributed by atoms with E-state index in [1.807, 2.05) is 52.9 Å². The molecule has 1 amide bonds. The van der Waals surface area contributed by atoms with Gasteiger partial charge in [0, 0.05) is 38.9 Å². The molecule has 1 N–H and O–H groups in total. The first-order chi connectivity index (χ1) is 12.7. The highest BCUT2D eigenvalue weighted by atomic mass is 16.2. The Kier molecular flexibility index (Phi) is 4.43. The van der Waals surface area contributed by atoms with Crippen LogP contribution >= 0.6 is 0 Å². The summed E-state index contributed by atoms with van der Waals surface area (Å²) < 4.78 is 2.02. The van der Waals surface area contributed by atoms with Crippen LogP contribution in [0.4, 0.5) is 5.95 Å². The number of hydrogen-bond donors (Lipinski definition) is 1. The van der Waals surface area contributed by atoms with Crippen molar-refractivity contribution in [2.45, 2.75) is 13.5 Å². The molecule has 26 heavy (non-hydrogen) atoms. The molecule has 0 atom stereocenters. The lowest BCUT2D eigenvalue weighted by atomic mass is 10.2. The van der Waals surface area contributed by atoms with Crippen molar-refractivity contribution in [2.24, 2.45) is 0 Å². The maximum atomic E-state index is 13.0. The molecular weight excluding hydrogens is 328 g/mol. The Morgan fingerprint density at radius 2 is 1.85 bits per heavy atom. The molecule has 0 saturated carbocycles. The molecule has 7 heteroatoms. The number of nitrogens with zero attached hydrogens (tertiary/aromatic N) is 5. The van der Waals surface area contributed by atoms with E-state index in [9.17, 15) is 4.79 Å². The number of H-pyrrole nitrogens is 1. The Morgan fingerprint density at radius 3 is 2.54 bits per heavy atom. The van der Waals surface area contributed by atoms with Crippen LogP contribution in [0.2, 0.25) is 0 Å². The molecule has 2 aromatic heterocycles. The van der Waals surface area contributed by atoms with Gasteiger partial charge in [0.1, 0.15) is 11.5 Å². The molecule has 1 aliphatic rings. The molecule has 0 bridgehead atoms. The largest absolute Gasteiger partial charge is 0.339 e. The predicted molar refractivity (Wildman–Crippen MR) is 99.2 cm³/mol. The van der Waals surface area contributed by atoms with Crippen molar-refractivity contribution in [3.05, 3.63) is 65.7 Å². The molecule has 1 saturated heterocycles. The second kappa shape index (κ2) is 7.03. The predicted octanol–water partition coefficient (Wildman–Crippen LogP) is 1.93. The molecule has 1 aliphatic heterocycles. The second-order valence-electron chi connectivity index (χ2n) is 6.51. The SMILES string of the molecule is Cc1nc(N2CCN(C(=O)c3cccn3Cc3ccccc3)CC2)n[nH]1. The van der Waals surface area contributed by atoms with Crippen LogP contribution in [0.15, 0.2) is 48.7 Å². The fourth-order valence-electron chi connectivity index (χ4n) is 3.27. The van der Waals surface area contributed by atoms with Crippen molar-refractivity contribution in [1.29, 1.82) is 0 Å². The van der Waals surface area contributed by atoms with E-state index in [1.54, 1.807) is 0 Å². The fraction of sp³-hybridized carbons (Fsp3) is 0.316. The summed E-state index contributed by atoms with van der Waals surface area (Å²) >= 11 is 0. The summed E-state index contributed by atoms with van der Waals surface area (Å²) in [5.74, 6) is 1.59. The van der Waals surface area contributed by atoms with E-state index in [1.165, 1.54) is 5.56 Å². The summed E-state index contributed by atoms with van der Waals surface area (Å²) in [5, 5.41) is 7.07. The number of aromatic amines is 1. The average Bonchev–Trinajstić information content (AvgIpc) is 3.31. The quantitative estimate of drug-likeness (QED) is 0.780. The molecule has 1 fully saturated rings. The number of rotatable bonds is 4. The molecule has 0 radical (unpaired) electrons. The lowest BCUT2D eigenvalue weighted by Gasteiger charge is -2.34. The summed E-state index contributed by atoms with van der Waals surface area (Å²) in [6, 6.07) is 14.0. The standard InChI is InChI=1S/C19H22N6O/c1-15-20-19(22-21-15)24-12-10-23(11-13-24)18(26)17-8-5-9-25(17)14-16-6-3-2-4-7-16/h2-9H,10-14H2,1H3,(H,20,21,22). The van der Waals surface area contributed by atoms with E-state index in [0.717, 1.165) is 24.6 Å². The third-order valence-electron chi connectivity index (χ3n) is 4.68. The Morgan fingerprint density at radius 1 is 1.08 bits per heavy atom. The zero-order valence-electron chi connectivity index (χ0n) is 14.8. The van der Waals surface area contributed by atoms with Gasteiger partial charge in [-0.05, 0) is 24.6 Å². The van der Waals surface area contributed by atoms with Crippen LogP contribution in [-0.2, 0) is 6.54 Å². The Labute approximate surface area is 152 Å². The second-order valence-corrected chi connectivity index (χ2v) is 6.51. The first-order valence-corrected chi connectivity index (χ1v) is 8.83. The van der Waals surface area contributed by atoms with Gasteiger partial charge in [-0.3, -0.25) is 9.89 Å². The molecule has 3 heterocycles. The Hall–Kier alpha value is -3.09. The van der Waals surface area contributed by atoms with Crippen molar-refractivity contribution in [1.82, 2.24) is 24.6 Å². The fourth-order valence-corrected chi connectivity index (χ4v) is 3.27.